The number of hydrogen-bond donors (Lipinski definition) is 2. The molecule has 1 amide bonds. The minimum Gasteiger partial charge on any atom is -0.381 e. The van der Waals surface area contributed by atoms with Crippen LogP contribution in [-0.4, -0.2) is 32.2 Å². The molecule has 0 aromatic carbocycles. The molecule has 2 rings (SSSR count). The molecule has 1 saturated heterocycles. The number of nitrogens with one attached hydrogen (secondary N) is 1. The van der Waals surface area contributed by atoms with E-state index in [2.05, 4.69) is 12.2 Å². The molecule has 1 heterocycles. The number of ether oxygens (including phenoxy) is 1. The molecule has 1 aliphatic heterocycles. The number of halogens is 1. The lowest BCUT2D eigenvalue weighted by molar-refractivity contribution is -0.136. The van der Waals surface area contributed by atoms with Gasteiger partial charge in [-0.05, 0) is 31.1 Å². The van der Waals surface area contributed by atoms with Crippen molar-refractivity contribution < 1.29 is 9.53 Å². The lowest BCUT2D eigenvalue weighted by Gasteiger charge is -2.36. The third-order valence-electron chi connectivity index (χ3n) is 4.81. The van der Waals surface area contributed by atoms with Crippen LogP contribution in [0.1, 0.15) is 45.4 Å². The van der Waals surface area contributed by atoms with Gasteiger partial charge in [-0.3, -0.25) is 4.79 Å². The van der Waals surface area contributed by atoms with Crippen LogP contribution in [0.2, 0.25) is 0 Å². The lowest BCUT2D eigenvalue weighted by Crippen LogP contribution is -2.50. The van der Waals surface area contributed by atoms with Crippen LogP contribution in [0.5, 0.6) is 0 Å². The first-order valence-electron chi connectivity index (χ1n) is 7.16. The molecular weight excluding hydrogens is 264 g/mol. The highest BCUT2D eigenvalue weighted by Gasteiger charge is 2.39. The molecule has 0 radical (unpaired) electrons. The number of carbonyl (C=O) groups excluding carboxylic acids is 1. The average Bonchev–Trinajstić information content (AvgIpc) is 2.84. The quantitative estimate of drug-likeness (QED) is 0.831. The van der Waals surface area contributed by atoms with Crippen molar-refractivity contribution in [3.8, 4) is 0 Å². The number of rotatable bonds is 4. The van der Waals surface area contributed by atoms with E-state index in [1.54, 1.807) is 0 Å². The monoisotopic (exact) mass is 290 g/mol. The van der Waals surface area contributed by atoms with Crippen molar-refractivity contribution >= 4 is 18.3 Å². The smallest absolute Gasteiger partial charge is 0.227 e. The molecule has 5 heteroatoms. The van der Waals surface area contributed by atoms with E-state index in [0.717, 1.165) is 19.4 Å². The fraction of sp³-hybridized carbons (Fsp3) is 0.929. The third kappa shape index (κ3) is 3.83. The first kappa shape index (κ1) is 16.7. The SMILES string of the molecule is CC1(CNC(=O)C2(CN)CCOCC2)CCCC1.Cl. The topological polar surface area (TPSA) is 64.4 Å². The van der Waals surface area contributed by atoms with E-state index in [1.165, 1.54) is 25.7 Å². The fourth-order valence-electron chi connectivity index (χ4n) is 3.17. The molecule has 0 aromatic heterocycles. The van der Waals surface area contributed by atoms with Gasteiger partial charge in [-0.1, -0.05) is 19.8 Å². The minimum absolute atomic E-state index is 0. The molecular formula is C14H27ClN2O2. The summed E-state index contributed by atoms with van der Waals surface area (Å²) >= 11 is 0. The molecule has 1 saturated carbocycles. The second-order valence-electron chi connectivity index (χ2n) is 6.30. The number of nitrogens with two attached hydrogens (primary N) is 1. The summed E-state index contributed by atoms with van der Waals surface area (Å²) in [6.45, 7) is 4.82. The summed E-state index contributed by atoms with van der Waals surface area (Å²) in [4.78, 5) is 12.4. The van der Waals surface area contributed by atoms with E-state index < -0.39 is 0 Å². The van der Waals surface area contributed by atoms with E-state index in [1.807, 2.05) is 0 Å². The molecule has 19 heavy (non-hydrogen) atoms. The Morgan fingerprint density at radius 3 is 2.32 bits per heavy atom. The van der Waals surface area contributed by atoms with E-state index in [4.69, 9.17) is 10.5 Å². The van der Waals surface area contributed by atoms with Crippen LogP contribution >= 0.6 is 12.4 Å². The Bertz CT molecular complexity index is 298. The number of hydrogen-bond acceptors (Lipinski definition) is 3. The van der Waals surface area contributed by atoms with Gasteiger partial charge in [0.05, 0.1) is 5.41 Å². The molecule has 2 fully saturated rings. The summed E-state index contributed by atoms with van der Waals surface area (Å²) in [5, 5.41) is 3.15. The van der Waals surface area contributed by atoms with Crippen molar-refractivity contribution in [1.29, 1.82) is 0 Å². The Kier molecular flexibility index (Phi) is 6.09. The maximum absolute atomic E-state index is 12.4. The average molecular weight is 291 g/mol. The summed E-state index contributed by atoms with van der Waals surface area (Å²) < 4.78 is 5.34. The van der Waals surface area contributed by atoms with Gasteiger partial charge in [0.25, 0.3) is 0 Å². The summed E-state index contributed by atoms with van der Waals surface area (Å²) in [7, 11) is 0. The van der Waals surface area contributed by atoms with Crippen molar-refractivity contribution in [2.24, 2.45) is 16.6 Å². The zero-order chi connectivity index (χ0) is 13.1. The van der Waals surface area contributed by atoms with E-state index in [0.29, 0.717) is 25.2 Å². The van der Waals surface area contributed by atoms with Gasteiger partial charge in [-0.25, -0.2) is 0 Å². The lowest BCUT2D eigenvalue weighted by atomic mass is 9.79. The minimum atomic E-state index is -0.382. The van der Waals surface area contributed by atoms with Crippen molar-refractivity contribution in [2.45, 2.75) is 45.4 Å². The van der Waals surface area contributed by atoms with Crippen LogP contribution in [0.4, 0.5) is 0 Å². The van der Waals surface area contributed by atoms with Gasteiger partial charge in [-0.15, -0.1) is 12.4 Å². The van der Waals surface area contributed by atoms with Crippen molar-refractivity contribution in [3.63, 3.8) is 0 Å². The maximum Gasteiger partial charge on any atom is 0.227 e. The molecule has 1 aliphatic carbocycles. The second kappa shape index (κ2) is 6.91. The Balaban J connectivity index is 0.00000180. The zero-order valence-electron chi connectivity index (χ0n) is 11.9. The molecule has 0 bridgehead atoms. The number of carbonyl (C=O) groups is 1. The number of amides is 1. The van der Waals surface area contributed by atoms with Gasteiger partial charge in [0.1, 0.15) is 0 Å². The van der Waals surface area contributed by atoms with Crippen LogP contribution in [0.25, 0.3) is 0 Å². The predicted octanol–water partition coefficient (Wildman–Crippen LogP) is 1.86. The highest BCUT2D eigenvalue weighted by molar-refractivity contribution is 5.85. The predicted molar refractivity (Wildman–Crippen MR) is 78.4 cm³/mol. The van der Waals surface area contributed by atoms with Crippen molar-refractivity contribution in [3.05, 3.63) is 0 Å². The first-order valence-corrected chi connectivity index (χ1v) is 7.16. The maximum atomic E-state index is 12.4. The molecule has 0 unspecified atom stereocenters. The molecule has 0 spiro atoms. The Hall–Kier alpha value is -0.320. The first-order chi connectivity index (χ1) is 8.60. The largest absolute Gasteiger partial charge is 0.381 e. The molecule has 0 aromatic rings. The van der Waals surface area contributed by atoms with Crippen LogP contribution in [-0.2, 0) is 9.53 Å². The Labute approximate surface area is 122 Å². The second-order valence-corrected chi connectivity index (χ2v) is 6.30. The van der Waals surface area contributed by atoms with Gasteiger partial charge >= 0.3 is 0 Å². The molecule has 112 valence electrons. The summed E-state index contributed by atoms with van der Waals surface area (Å²) in [6, 6.07) is 0. The normalized spacial score (nSPS) is 24.5. The van der Waals surface area contributed by atoms with Gasteiger partial charge in [0, 0.05) is 26.3 Å². The van der Waals surface area contributed by atoms with E-state index in [-0.39, 0.29) is 23.7 Å². The van der Waals surface area contributed by atoms with Gasteiger partial charge in [0.15, 0.2) is 0 Å². The summed E-state index contributed by atoms with van der Waals surface area (Å²) in [6.07, 6.45) is 6.56. The Morgan fingerprint density at radius 1 is 1.21 bits per heavy atom. The van der Waals surface area contributed by atoms with Crippen molar-refractivity contribution in [2.75, 3.05) is 26.3 Å². The summed E-state index contributed by atoms with van der Waals surface area (Å²) in [5.74, 6) is 0.140. The molecule has 4 nitrogen and oxygen atoms in total. The van der Waals surface area contributed by atoms with Crippen molar-refractivity contribution in [1.82, 2.24) is 5.32 Å². The van der Waals surface area contributed by atoms with Crippen LogP contribution in [0.15, 0.2) is 0 Å². The zero-order valence-corrected chi connectivity index (χ0v) is 12.7. The standard InChI is InChI=1S/C14H26N2O2.ClH/c1-13(4-2-3-5-13)11-16-12(17)14(10-15)6-8-18-9-7-14;/h2-11,15H2,1H3,(H,16,17);1H. The fourth-order valence-corrected chi connectivity index (χ4v) is 3.17. The molecule has 0 atom stereocenters. The summed E-state index contributed by atoms with van der Waals surface area (Å²) in [5.41, 5.74) is 5.76. The highest BCUT2D eigenvalue weighted by atomic mass is 35.5. The van der Waals surface area contributed by atoms with E-state index in [9.17, 15) is 4.79 Å². The van der Waals surface area contributed by atoms with Gasteiger partial charge < -0.3 is 15.8 Å². The van der Waals surface area contributed by atoms with Crippen LogP contribution in [0.3, 0.4) is 0 Å². The van der Waals surface area contributed by atoms with Gasteiger partial charge in [-0.2, -0.15) is 0 Å². The molecule has 2 aliphatic rings. The highest BCUT2D eigenvalue weighted by Crippen LogP contribution is 2.37. The van der Waals surface area contributed by atoms with Gasteiger partial charge in [0.2, 0.25) is 5.91 Å². The van der Waals surface area contributed by atoms with Crippen LogP contribution < -0.4 is 11.1 Å². The van der Waals surface area contributed by atoms with E-state index >= 15 is 0 Å². The Morgan fingerprint density at radius 2 is 1.79 bits per heavy atom. The third-order valence-corrected chi connectivity index (χ3v) is 4.81. The van der Waals surface area contributed by atoms with Crippen LogP contribution in [0, 0.1) is 10.8 Å². The molecule has 3 N–H and O–H groups in total.